The van der Waals surface area contributed by atoms with Crippen LogP contribution in [0.1, 0.15) is 81.6 Å². The summed E-state index contributed by atoms with van der Waals surface area (Å²) in [7, 11) is 0. The quantitative estimate of drug-likeness (QED) is 0.147. The summed E-state index contributed by atoms with van der Waals surface area (Å²) in [5.74, 6) is 0.956. The number of phenolic OH excluding ortho intramolecular Hbond substituents is 1. The van der Waals surface area contributed by atoms with E-state index in [1.807, 2.05) is 35.4 Å². The van der Waals surface area contributed by atoms with Crippen LogP contribution < -0.4 is 20.9 Å². The minimum atomic E-state index is -0.675. The zero-order valence-electron chi connectivity index (χ0n) is 35.7. The highest BCUT2D eigenvalue weighted by molar-refractivity contribution is 5.94. The summed E-state index contributed by atoms with van der Waals surface area (Å²) in [5.41, 5.74) is 14.0. The molecule has 2 unspecified atom stereocenters. The molecule has 0 saturated carbocycles. The van der Waals surface area contributed by atoms with Gasteiger partial charge in [-0.2, -0.15) is 0 Å². The molecule has 4 aliphatic heterocycles. The number of rotatable bonds is 8. The molecule has 0 spiro atoms. The molecule has 5 aromatic rings. The standard InChI is InChI=1S/C47H57N9O2/c1-33-27-35(10-12-39(33)36-7-5-20-54(30-36)43-29-41(50-51-45(43)48)40-8-3-4-9-44(40)57)46(58)53-25-17-47(2,18-26-53)31-52-22-15-37(16-23-52)56-24-14-34-28-38(11-13-42(34)56)55-21-6-19-49-32-55/h3-4,6,8-14,21,24,27-29,36-37,49,57H,5,7,15-20,22-23,25-26,30-32H2,1-2H3,(H2,48,51)/i19D,32D/t19?,32-,36?/m0/s1. The van der Waals surface area contributed by atoms with Crippen LogP contribution in [0.2, 0.25) is 0 Å². The van der Waals surface area contributed by atoms with Crippen molar-refractivity contribution in [3.63, 3.8) is 0 Å². The van der Waals surface area contributed by atoms with Crippen molar-refractivity contribution in [3.8, 4) is 17.0 Å². The first-order chi connectivity index (χ1) is 29.0. The third kappa shape index (κ3) is 7.77. The van der Waals surface area contributed by atoms with Crippen molar-refractivity contribution in [2.75, 3.05) is 74.5 Å². The van der Waals surface area contributed by atoms with Crippen molar-refractivity contribution in [1.82, 2.24) is 29.9 Å². The van der Waals surface area contributed by atoms with Crippen molar-refractivity contribution in [2.45, 2.75) is 64.3 Å². The van der Waals surface area contributed by atoms with Crippen LogP contribution in [0, 0.1) is 12.3 Å². The number of aromatic hydroxyl groups is 1. The normalized spacial score (nSPS) is 23.6. The van der Waals surface area contributed by atoms with Crippen molar-refractivity contribution in [1.29, 1.82) is 0 Å². The molecule has 2 aromatic heterocycles. The number of carbonyl (C=O) groups excluding carboxylic acids is 1. The Bertz CT molecular complexity index is 2390. The monoisotopic (exact) mass is 781 g/mol. The van der Waals surface area contributed by atoms with Gasteiger partial charge in [0, 0.05) is 106 Å². The number of aromatic nitrogens is 3. The topological polar surface area (TPSA) is 119 Å². The molecule has 0 bridgehead atoms. The largest absolute Gasteiger partial charge is 0.507 e. The van der Waals surface area contributed by atoms with Gasteiger partial charge in [0.1, 0.15) is 5.75 Å². The third-order valence-electron chi connectivity index (χ3n) is 13.2. The number of anilines is 3. The highest BCUT2D eigenvalue weighted by atomic mass is 16.3. The van der Waals surface area contributed by atoms with Gasteiger partial charge >= 0.3 is 0 Å². The third-order valence-corrected chi connectivity index (χ3v) is 13.2. The highest BCUT2D eigenvalue weighted by Crippen LogP contribution is 2.38. The molecule has 11 heteroatoms. The number of amides is 1. The average molecular weight is 782 g/mol. The maximum absolute atomic E-state index is 13.9. The molecule has 3 saturated heterocycles. The number of benzene rings is 3. The summed E-state index contributed by atoms with van der Waals surface area (Å²) in [6.07, 6.45) is 12.1. The first-order valence-corrected chi connectivity index (χ1v) is 21.0. The number of nitrogens with zero attached hydrogens (tertiary/aromatic N) is 7. The Hall–Kier alpha value is -5.39. The summed E-state index contributed by atoms with van der Waals surface area (Å²) in [4.78, 5) is 22.7. The molecule has 11 nitrogen and oxygen atoms in total. The summed E-state index contributed by atoms with van der Waals surface area (Å²) in [6, 6.07) is 24.4. The molecule has 6 heterocycles. The number of hydrogen-bond donors (Lipinski definition) is 3. The van der Waals surface area contributed by atoms with Crippen LogP contribution in [-0.4, -0.2) is 94.6 Å². The second kappa shape index (κ2) is 16.1. The SMILES string of the molecule is [2H]C1C=CN(c2ccc3c(ccn3C3CCN(CC4(C)CCN(C(=O)c5ccc(C6CCCN(c7cc(-c8ccccc8O)nnc7N)C6)c(C)c5)CC4)CC3)c2)[C@@H]([2H])N1. The first kappa shape index (κ1) is 35.7. The molecule has 302 valence electrons. The lowest BCUT2D eigenvalue weighted by atomic mass is 9.79. The van der Waals surface area contributed by atoms with Crippen LogP contribution in [0.5, 0.6) is 5.75 Å². The van der Waals surface area contributed by atoms with Gasteiger partial charge in [-0.15, -0.1) is 10.2 Å². The van der Waals surface area contributed by atoms with Gasteiger partial charge in [-0.05, 0) is 117 Å². The fraction of sp³-hybridized carbons (Fsp3) is 0.426. The van der Waals surface area contributed by atoms with E-state index < -0.39 is 13.2 Å². The van der Waals surface area contributed by atoms with E-state index in [4.69, 9.17) is 8.48 Å². The molecule has 4 N–H and O–H groups in total. The number of fused-ring (bicyclic) bond motifs is 1. The van der Waals surface area contributed by atoms with Gasteiger partial charge in [0.05, 0.1) is 19.4 Å². The van der Waals surface area contributed by atoms with E-state index in [2.05, 4.69) is 91.2 Å². The Kier molecular flexibility index (Phi) is 9.92. The van der Waals surface area contributed by atoms with Crippen LogP contribution >= 0.6 is 0 Å². The molecule has 3 atom stereocenters. The number of carbonyl (C=O) groups is 1. The van der Waals surface area contributed by atoms with E-state index in [-0.39, 0.29) is 23.0 Å². The van der Waals surface area contributed by atoms with Gasteiger partial charge in [-0.1, -0.05) is 31.2 Å². The molecule has 9 rings (SSSR count). The minimum Gasteiger partial charge on any atom is -0.507 e. The van der Waals surface area contributed by atoms with E-state index in [1.54, 1.807) is 18.2 Å². The Morgan fingerprint density at radius 3 is 2.60 bits per heavy atom. The predicted molar refractivity (Wildman–Crippen MR) is 233 cm³/mol. The zero-order valence-corrected chi connectivity index (χ0v) is 33.7. The summed E-state index contributed by atoms with van der Waals surface area (Å²) in [5, 5.41) is 23.1. The van der Waals surface area contributed by atoms with Crippen molar-refractivity contribution in [2.24, 2.45) is 5.41 Å². The highest BCUT2D eigenvalue weighted by Gasteiger charge is 2.35. The molecule has 1 amide bonds. The predicted octanol–water partition coefficient (Wildman–Crippen LogP) is 7.54. The molecule has 0 radical (unpaired) electrons. The maximum Gasteiger partial charge on any atom is 0.253 e. The van der Waals surface area contributed by atoms with Crippen LogP contribution in [0.15, 0.2) is 91.3 Å². The maximum atomic E-state index is 13.9. The minimum absolute atomic E-state index is 0.126. The second-order valence-corrected chi connectivity index (χ2v) is 17.2. The summed E-state index contributed by atoms with van der Waals surface area (Å²) in [6.45, 7) is 9.71. The van der Waals surface area contributed by atoms with E-state index >= 15 is 0 Å². The second-order valence-electron chi connectivity index (χ2n) is 17.2. The van der Waals surface area contributed by atoms with E-state index in [9.17, 15) is 9.90 Å². The Morgan fingerprint density at radius 1 is 0.983 bits per heavy atom. The Morgan fingerprint density at radius 2 is 1.81 bits per heavy atom. The number of nitrogens with two attached hydrogens (primary N) is 1. The van der Waals surface area contributed by atoms with Gasteiger partial charge in [-0.25, -0.2) is 0 Å². The molecule has 0 aliphatic carbocycles. The lowest BCUT2D eigenvalue weighted by Gasteiger charge is -2.44. The zero-order chi connectivity index (χ0) is 41.5. The molecule has 3 fully saturated rings. The number of likely N-dealkylation sites (tertiary alicyclic amines) is 2. The van der Waals surface area contributed by atoms with Gasteiger partial charge in [0.2, 0.25) is 0 Å². The van der Waals surface area contributed by atoms with Gasteiger partial charge in [0.25, 0.3) is 5.91 Å². The number of hydrogen-bond acceptors (Lipinski definition) is 9. The number of phenols is 1. The van der Waals surface area contributed by atoms with Crippen LogP contribution in [0.3, 0.4) is 0 Å². The van der Waals surface area contributed by atoms with Crippen LogP contribution in [-0.2, 0) is 0 Å². The molecule has 4 aliphatic rings. The van der Waals surface area contributed by atoms with E-state index in [0.29, 0.717) is 23.1 Å². The lowest BCUT2D eigenvalue weighted by molar-refractivity contribution is 0.0461. The number of piperidine rings is 3. The molecule has 58 heavy (non-hydrogen) atoms. The van der Waals surface area contributed by atoms with Gasteiger partial charge < -0.3 is 35.0 Å². The summed E-state index contributed by atoms with van der Waals surface area (Å²) < 4.78 is 18.7. The smallest absolute Gasteiger partial charge is 0.253 e. The first-order valence-electron chi connectivity index (χ1n) is 22.1. The van der Waals surface area contributed by atoms with Crippen molar-refractivity contribution >= 4 is 34.0 Å². The summed E-state index contributed by atoms with van der Waals surface area (Å²) >= 11 is 0. The van der Waals surface area contributed by atoms with Gasteiger partial charge in [0.15, 0.2) is 5.82 Å². The number of para-hydroxylation sites is 1. The van der Waals surface area contributed by atoms with E-state index in [0.717, 1.165) is 107 Å². The van der Waals surface area contributed by atoms with E-state index in [1.165, 1.54) is 16.5 Å². The fourth-order valence-electron chi connectivity index (χ4n) is 9.82. The number of aryl methyl sites for hydroxylation is 1. The average Bonchev–Trinajstić information content (AvgIpc) is 3.68. The van der Waals surface area contributed by atoms with Crippen LogP contribution in [0.25, 0.3) is 22.2 Å². The Balaban J connectivity index is 0.776. The Labute approximate surface area is 344 Å². The van der Waals surface area contributed by atoms with Crippen molar-refractivity contribution in [3.05, 3.63) is 108 Å². The lowest BCUT2D eigenvalue weighted by Crippen LogP contribution is -2.48. The van der Waals surface area contributed by atoms with Crippen LogP contribution in [0.4, 0.5) is 17.2 Å². The molecular formula is C47H57N9O2. The van der Waals surface area contributed by atoms with Crippen molar-refractivity contribution < 1.29 is 12.6 Å². The molecule has 3 aromatic carbocycles. The number of nitrogen functional groups attached to an aromatic ring is 1. The van der Waals surface area contributed by atoms with Gasteiger partial charge in [-0.3, -0.25) is 10.1 Å². The molecular weight excluding hydrogens is 723 g/mol. The fourth-order valence-corrected chi connectivity index (χ4v) is 9.82. The number of nitrogens with one attached hydrogen (secondary N) is 1.